The second kappa shape index (κ2) is 7.83. The fourth-order valence-electron chi connectivity index (χ4n) is 2.80. The van der Waals surface area contributed by atoms with Crippen LogP contribution in [0.25, 0.3) is 0 Å². The van der Waals surface area contributed by atoms with Crippen LogP contribution in [0.1, 0.15) is 29.8 Å². The molecule has 24 heavy (non-hydrogen) atoms. The Hall–Kier alpha value is -1.83. The van der Waals surface area contributed by atoms with Crippen LogP contribution in [-0.2, 0) is 0 Å². The highest BCUT2D eigenvalue weighted by Crippen LogP contribution is 2.21. The SMILES string of the molecule is CN(C)C[C@@H]1CCCCN1C(=O)c1cccc(OCC(F)(F)F)n1. The number of rotatable bonds is 5. The lowest BCUT2D eigenvalue weighted by molar-refractivity contribution is -0.154. The molecule has 0 N–H and O–H groups in total. The number of carbonyl (C=O) groups is 1. The number of hydrogen-bond acceptors (Lipinski definition) is 4. The first kappa shape index (κ1) is 18.5. The molecule has 2 heterocycles. The van der Waals surface area contributed by atoms with Crippen LogP contribution >= 0.6 is 0 Å². The molecule has 1 saturated heterocycles. The third-order valence-electron chi connectivity index (χ3n) is 3.79. The number of likely N-dealkylation sites (tertiary alicyclic amines) is 1. The molecule has 1 fully saturated rings. The van der Waals surface area contributed by atoms with Crippen LogP contribution in [0.5, 0.6) is 5.88 Å². The molecule has 5 nitrogen and oxygen atoms in total. The highest BCUT2D eigenvalue weighted by molar-refractivity contribution is 5.92. The third-order valence-corrected chi connectivity index (χ3v) is 3.79. The lowest BCUT2D eigenvalue weighted by atomic mass is 10.0. The fourth-order valence-corrected chi connectivity index (χ4v) is 2.80. The molecule has 0 radical (unpaired) electrons. The summed E-state index contributed by atoms with van der Waals surface area (Å²) < 4.78 is 41.3. The number of amides is 1. The standard InChI is InChI=1S/C16H22F3N3O2/c1-21(2)10-12-6-3-4-9-22(12)15(23)13-7-5-8-14(20-13)24-11-16(17,18)19/h5,7-8,12H,3-4,6,9-11H2,1-2H3/t12-/m0/s1. The number of halogens is 3. The summed E-state index contributed by atoms with van der Waals surface area (Å²) in [5.74, 6) is -0.460. The third kappa shape index (κ3) is 5.36. The second-order valence-corrected chi connectivity index (χ2v) is 6.18. The van der Waals surface area contributed by atoms with Crippen molar-refractivity contribution in [1.29, 1.82) is 0 Å². The van der Waals surface area contributed by atoms with Gasteiger partial charge in [0.15, 0.2) is 6.61 Å². The van der Waals surface area contributed by atoms with E-state index in [1.807, 2.05) is 19.0 Å². The molecule has 1 atom stereocenters. The lowest BCUT2D eigenvalue weighted by Crippen LogP contribution is -2.48. The first-order valence-electron chi connectivity index (χ1n) is 7.88. The van der Waals surface area contributed by atoms with Crippen molar-refractivity contribution in [1.82, 2.24) is 14.8 Å². The molecule has 1 aromatic heterocycles. The Balaban J connectivity index is 2.10. The molecule has 0 aromatic carbocycles. The van der Waals surface area contributed by atoms with Gasteiger partial charge in [-0.15, -0.1) is 0 Å². The van der Waals surface area contributed by atoms with Gasteiger partial charge in [-0.1, -0.05) is 6.07 Å². The Morgan fingerprint density at radius 2 is 2.12 bits per heavy atom. The molecule has 134 valence electrons. The van der Waals surface area contributed by atoms with E-state index in [-0.39, 0.29) is 23.5 Å². The number of aromatic nitrogens is 1. The molecule has 0 saturated carbocycles. The first-order valence-corrected chi connectivity index (χ1v) is 7.88. The van der Waals surface area contributed by atoms with Gasteiger partial charge in [0.05, 0.1) is 0 Å². The van der Waals surface area contributed by atoms with Gasteiger partial charge in [0.1, 0.15) is 5.69 Å². The minimum atomic E-state index is -4.44. The van der Waals surface area contributed by atoms with Crippen molar-refractivity contribution in [2.75, 3.05) is 33.8 Å². The second-order valence-electron chi connectivity index (χ2n) is 6.18. The normalized spacial score (nSPS) is 18.8. The Labute approximate surface area is 139 Å². The average Bonchev–Trinajstić information content (AvgIpc) is 2.52. The Morgan fingerprint density at radius 1 is 1.38 bits per heavy atom. The average molecular weight is 345 g/mol. The van der Waals surface area contributed by atoms with Gasteiger partial charge in [0.2, 0.25) is 5.88 Å². The molecule has 0 unspecified atom stereocenters. The van der Waals surface area contributed by atoms with Crippen molar-refractivity contribution in [3.8, 4) is 5.88 Å². The molecular formula is C16H22F3N3O2. The summed E-state index contributed by atoms with van der Waals surface area (Å²) in [4.78, 5) is 20.4. The zero-order valence-corrected chi connectivity index (χ0v) is 13.8. The summed E-state index contributed by atoms with van der Waals surface area (Å²) in [5, 5.41) is 0. The van der Waals surface area contributed by atoms with Crippen molar-refractivity contribution in [2.45, 2.75) is 31.5 Å². The predicted molar refractivity (Wildman–Crippen MR) is 83.0 cm³/mol. The van der Waals surface area contributed by atoms with Gasteiger partial charge in [-0.25, -0.2) is 4.98 Å². The number of piperidine rings is 1. The molecule has 0 bridgehead atoms. The molecule has 1 aliphatic heterocycles. The maximum absolute atomic E-state index is 12.7. The van der Waals surface area contributed by atoms with E-state index in [0.717, 1.165) is 25.8 Å². The molecule has 1 amide bonds. The van der Waals surface area contributed by atoms with Crippen molar-refractivity contribution < 1.29 is 22.7 Å². The number of ether oxygens (including phenoxy) is 1. The van der Waals surface area contributed by atoms with E-state index in [2.05, 4.69) is 9.72 Å². The first-order chi connectivity index (χ1) is 11.3. The molecule has 8 heteroatoms. The summed E-state index contributed by atoms with van der Waals surface area (Å²) in [7, 11) is 3.89. The van der Waals surface area contributed by atoms with E-state index in [0.29, 0.717) is 6.54 Å². The largest absolute Gasteiger partial charge is 0.468 e. The maximum Gasteiger partial charge on any atom is 0.422 e. The van der Waals surface area contributed by atoms with E-state index >= 15 is 0 Å². The number of hydrogen-bond donors (Lipinski definition) is 0. The van der Waals surface area contributed by atoms with E-state index in [4.69, 9.17) is 0 Å². The monoisotopic (exact) mass is 345 g/mol. The minimum Gasteiger partial charge on any atom is -0.468 e. The minimum absolute atomic E-state index is 0.0859. The highest BCUT2D eigenvalue weighted by Gasteiger charge is 2.30. The van der Waals surface area contributed by atoms with Crippen LogP contribution in [0.3, 0.4) is 0 Å². The highest BCUT2D eigenvalue weighted by atomic mass is 19.4. The maximum atomic E-state index is 12.7. The van der Waals surface area contributed by atoms with E-state index < -0.39 is 12.8 Å². The number of carbonyl (C=O) groups excluding carboxylic acids is 1. The molecule has 0 spiro atoms. The molecule has 1 aliphatic rings. The van der Waals surface area contributed by atoms with Crippen molar-refractivity contribution in [3.05, 3.63) is 23.9 Å². The van der Waals surface area contributed by atoms with Crippen molar-refractivity contribution >= 4 is 5.91 Å². The van der Waals surface area contributed by atoms with Gasteiger partial charge in [0, 0.05) is 25.2 Å². The Morgan fingerprint density at radius 3 is 2.79 bits per heavy atom. The molecule has 2 rings (SSSR count). The van der Waals surface area contributed by atoms with Crippen LogP contribution < -0.4 is 4.74 Å². The van der Waals surface area contributed by atoms with Crippen LogP contribution in [0, 0.1) is 0 Å². The number of nitrogens with zero attached hydrogens (tertiary/aromatic N) is 3. The van der Waals surface area contributed by atoms with Gasteiger partial charge < -0.3 is 14.5 Å². The number of alkyl halides is 3. The van der Waals surface area contributed by atoms with Gasteiger partial charge in [-0.2, -0.15) is 13.2 Å². The van der Waals surface area contributed by atoms with Crippen LogP contribution in [-0.4, -0.2) is 66.7 Å². The van der Waals surface area contributed by atoms with E-state index in [1.165, 1.54) is 18.2 Å². The van der Waals surface area contributed by atoms with Crippen LogP contribution in [0.2, 0.25) is 0 Å². The van der Waals surface area contributed by atoms with Gasteiger partial charge in [0.25, 0.3) is 5.91 Å². The van der Waals surface area contributed by atoms with E-state index in [1.54, 1.807) is 4.90 Å². The van der Waals surface area contributed by atoms with Crippen LogP contribution in [0.15, 0.2) is 18.2 Å². The summed E-state index contributed by atoms with van der Waals surface area (Å²) in [6, 6.07) is 4.39. The van der Waals surface area contributed by atoms with Gasteiger partial charge in [-0.05, 0) is 39.4 Å². The fraction of sp³-hybridized carbons (Fsp3) is 0.625. The zero-order chi connectivity index (χ0) is 17.7. The van der Waals surface area contributed by atoms with Crippen molar-refractivity contribution in [3.63, 3.8) is 0 Å². The predicted octanol–water partition coefficient (Wildman–Crippen LogP) is 2.58. The summed E-state index contributed by atoms with van der Waals surface area (Å²) in [6.45, 7) is -0.0483. The lowest BCUT2D eigenvalue weighted by Gasteiger charge is -2.37. The number of likely N-dealkylation sites (N-methyl/N-ethyl adjacent to an activating group) is 1. The Bertz CT molecular complexity index is 564. The van der Waals surface area contributed by atoms with Crippen molar-refractivity contribution in [2.24, 2.45) is 0 Å². The summed E-state index contributed by atoms with van der Waals surface area (Å²) in [5.41, 5.74) is 0.111. The summed E-state index contributed by atoms with van der Waals surface area (Å²) in [6.07, 6.45) is -1.55. The van der Waals surface area contributed by atoms with Gasteiger partial charge >= 0.3 is 6.18 Å². The summed E-state index contributed by atoms with van der Waals surface area (Å²) >= 11 is 0. The smallest absolute Gasteiger partial charge is 0.422 e. The van der Waals surface area contributed by atoms with E-state index in [9.17, 15) is 18.0 Å². The molecular weight excluding hydrogens is 323 g/mol. The van der Waals surface area contributed by atoms with Gasteiger partial charge in [-0.3, -0.25) is 4.79 Å². The quantitative estimate of drug-likeness (QED) is 0.823. The van der Waals surface area contributed by atoms with Crippen LogP contribution in [0.4, 0.5) is 13.2 Å². The Kier molecular flexibility index (Phi) is 6.04. The number of pyridine rings is 1. The zero-order valence-electron chi connectivity index (χ0n) is 13.8. The molecule has 0 aliphatic carbocycles. The topological polar surface area (TPSA) is 45.7 Å². The molecule has 1 aromatic rings.